The molecule has 8 heteroatoms. The maximum atomic E-state index is 12.0. The molecule has 1 aromatic heterocycles. The van der Waals surface area contributed by atoms with Crippen molar-refractivity contribution in [3.8, 4) is 11.4 Å². The van der Waals surface area contributed by atoms with Gasteiger partial charge in [0, 0.05) is 16.8 Å². The minimum atomic E-state index is -0.506. The second-order valence-electron chi connectivity index (χ2n) is 6.04. The van der Waals surface area contributed by atoms with E-state index in [9.17, 15) is 9.59 Å². The van der Waals surface area contributed by atoms with Crippen LogP contribution in [0.4, 0.5) is 5.69 Å². The molecule has 3 aromatic rings. The predicted molar refractivity (Wildman–Crippen MR) is 109 cm³/mol. The number of thioether (sulfide) groups is 1. The molecular formula is C20H20N4O3S. The quantitative estimate of drug-likeness (QED) is 0.604. The minimum absolute atomic E-state index is 0.160. The number of primary amides is 1. The molecule has 0 saturated carbocycles. The van der Waals surface area contributed by atoms with Gasteiger partial charge in [0.05, 0.1) is 11.5 Å². The van der Waals surface area contributed by atoms with Gasteiger partial charge in [-0.15, -0.1) is 11.8 Å². The Bertz CT molecular complexity index is 952. The number of hydrogen-bond donors (Lipinski definition) is 2. The van der Waals surface area contributed by atoms with Gasteiger partial charge in [0.1, 0.15) is 0 Å². The standard InChI is InChI=1S/C20H20N4O3S/c1-2-13-3-5-15(6-4-13)20-23-18(27-24-20)12-28-11-17(25)22-16-9-7-14(8-10-16)19(21)26/h3-10H,2,11-12H2,1H3,(H2,21,26)(H,22,25). The fourth-order valence-corrected chi connectivity index (χ4v) is 3.12. The molecule has 0 fully saturated rings. The van der Waals surface area contributed by atoms with E-state index < -0.39 is 5.91 Å². The van der Waals surface area contributed by atoms with Gasteiger partial charge in [-0.25, -0.2) is 0 Å². The zero-order valence-corrected chi connectivity index (χ0v) is 16.2. The second kappa shape index (κ2) is 9.18. The molecule has 0 unspecified atom stereocenters. The van der Waals surface area contributed by atoms with Crippen LogP contribution in [0.25, 0.3) is 11.4 Å². The summed E-state index contributed by atoms with van der Waals surface area (Å²) < 4.78 is 5.25. The number of nitrogens with one attached hydrogen (secondary N) is 1. The van der Waals surface area contributed by atoms with Crippen LogP contribution in [-0.2, 0) is 17.0 Å². The number of hydrogen-bond acceptors (Lipinski definition) is 6. The lowest BCUT2D eigenvalue weighted by Crippen LogP contribution is -2.15. The number of amides is 2. The molecule has 28 heavy (non-hydrogen) atoms. The van der Waals surface area contributed by atoms with Gasteiger partial charge < -0.3 is 15.6 Å². The molecule has 3 N–H and O–H groups in total. The first-order valence-corrected chi connectivity index (χ1v) is 9.90. The molecule has 0 spiro atoms. The first-order chi connectivity index (χ1) is 13.5. The summed E-state index contributed by atoms with van der Waals surface area (Å²) in [5.41, 5.74) is 8.33. The van der Waals surface area contributed by atoms with Crippen molar-refractivity contribution in [1.82, 2.24) is 10.1 Å². The van der Waals surface area contributed by atoms with Crippen LogP contribution >= 0.6 is 11.8 Å². The lowest BCUT2D eigenvalue weighted by Gasteiger charge is -2.05. The molecule has 0 bridgehead atoms. The lowest BCUT2D eigenvalue weighted by molar-refractivity contribution is -0.113. The third-order valence-corrected chi connectivity index (χ3v) is 4.92. The number of nitrogens with two attached hydrogens (primary N) is 1. The van der Waals surface area contributed by atoms with Crippen molar-refractivity contribution in [3.63, 3.8) is 0 Å². The zero-order valence-electron chi connectivity index (χ0n) is 15.3. The summed E-state index contributed by atoms with van der Waals surface area (Å²) in [6.45, 7) is 2.10. The van der Waals surface area contributed by atoms with E-state index in [1.165, 1.54) is 17.3 Å². The number of nitrogens with zero attached hydrogens (tertiary/aromatic N) is 2. The highest BCUT2D eigenvalue weighted by atomic mass is 32.2. The molecule has 2 aromatic carbocycles. The average Bonchev–Trinajstić information content (AvgIpc) is 3.17. The lowest BCUT2D eigenvalue weighted by atomic mass is 10.1. The highest BCUT2D eigenvalue weighted by Crippen LogP contribution is 2.19. The zero-order chi connectivity index (χ0) is 19.9. The Morgan fingerprint density at radius 1 is 1.11 bits per heavy atom. The molecule has 1 heterocycles. The van der Waals surface area contributed by atoms with Crippen molar-refractivity contribution in [3.05, 3.63) is 65.5 Å². The van der Waals surface area contributed by atoms with Crippen LogP contribution in [-0.4, -0.2) is 27.7 Å². The average molecular weight is 396 g/mol. The van der Waals surface area contributed by atoms with Gasteiger partial charge in [0.2, 0.25) is 23.5 Å². The fraction of sp³-hybridized carbons (Fsp3) is 0.200. The summed E-state index contributed by atoms with van der Waals surface area (Å²) in [4.78, 5) is 27.4. The number of benzene rings is 2. The highest BCUT2D eigenvalue weighted by molar-refractivity contribution is 7.99. The van der Waals surface area contributed by atoms with E-state index in [-0.39, 0.29) is 11.7 Å². The largest absolute Gasteiger partial charge is 0.366 e. The molecule has 3 rings (SSSR count). The highest BCUT2D eigenvalue weighted by Gasteiger charge is 2.10. The number of rotatable bonds is 8. The summed E-state index contributed by atoms with van der Waals surface area (Å²) in [6.07, 6.45) is 0.978. The number of anilines is 1. The van der Waals surface area contributed by atoms with E-state index in [2.05, 4.69) is 22.4 Å². The van der Waals surface area contributed by atoms with Gasteiger partial charge in [0.15, 0.2) is 0 Å². The number of aryl methyl sites for hydroxylation is 1. The Kier molecular flexibility index (Phi) is 6.44. The Labute approximate surface area is 166 Å². The Morgan fingerprint density at radius 2 is 1.82 bits per heavy atom. The SMILES string of the molecule is CCc1ccc(-c2noc(CSCC(=O)Nc3ccc(C(N)=O)cc3)n2)cc1. The molecule has 144 valence electrons. The molecule has 2 amide bonds. The van der Waals surface area contributed by atoms with Gasteiger partial charge >= 0.3 is 0 Å². The molecule has 0 aliphatic heterocycles. The van der Waals surface area contributed by atoms with Crippen molar-refractivity contribution in [2.24, 2.45) is 5.73 Å². The van der Waals surface area contributed by atoms with Gasteiger partial charge in [0.25, 0.3) is 0 Å². The van der Waals surface area contributed by atoms with E-state index >= 15 is 0 Å². The van der Waals surface area contributed by atoms with Gasteiger partial charge in [-0.1, -0.05) is 36.3 Å². The van der Waals surface area contributed by atoms with E-state index in [1.807, 2.05) is 24.3 Å². The normalized spacial score (nSPS) is 10.6. The number of carbonyl (C=O) groups excluding carboxylic acids is 2. The van der Waals surface area contributed by atoms with E-state index in [4.69, 9.17) is 10.3 Å². The van der Waals surface area contributed by atoms with Crippen molar-refractivity contribution in [2.75, 3.05) is 11.1 Å². The number of carbonyl (C=O) groups is 2. The van der Waals surface area contributed by atoms with Gasteiger partial charge in [-0.2, -0.15) is 4.98 Å². The van der Waals surface area contributed by atoms with Crippen LogP contribution in [0, 0.1) is 0 Å². The van der Waals surface area contributed by atoms with E-state index in [0.29, 0.717) is 28.7 Å². The molecule has 0 atom stereocenters. The summed E-state index contributed by atoms with van der Waals surface area (Å²) in [5, 5.41) is 6.75. The summed E-state index contributed by atoms with van der Waals surface area (Å²) >= 11 is 1.37. The summed E-state index contributed by atoms with van der Waals surface area (Å²) in [5.74, 6) is 1.02. The monoisotopic (exact) mass is 396 g/mol. The Balaban J connectivity index is 1.47. The van der Waals surface area contributed by atoms with Crippen LogP contribution in [0.5, 0.6) is 0 Å². The Morgan fingerprint density at radius 3 is 2.46 bits per heavy atom. The van der Waals surface area contributed by atoms with Gasteiger partial charge in [-0.3, -0.25) is 9.59 Å². The first-order valence-electron chi connectivity index (χ1n) is 8.74. The minimum Gasteiger partial charge on any atom is -0.366 e. The fourth-order valence-electron chi connectivity index (χ4n) is 2.47. The van der Waals surface area contributed by atoms with Gasteiger partial charge in [-0.05, 0) is 36.2 Å². The molecule has 0 saturated heterocycles. The maximum absolute atomic E-state index is 12.0. The van der Waals surface area contributed by atoms with Crippen molar-refractivity contribution >= 4 is 29.3 Å². The predicted octanol–water partition coefficient (Wildman–Crippen LogP) is 3.27. The smallest absolute Gasteiger partial charge is 0.248 e. The molecule has 0 aliphatic rings. The maximum Gasteiger partial charge on any atom is 0.248 e. The van der Waals surface area contributed by atoms with Crippen LogP contribution in [0.15, 0.2) is 53.1 Å². The van der Waals surface area contributed by atoms with E-state index in [1.54, 1.807) is 24.3 Å². The summed E-state index contributed by atoms with van der Waals surface area (Å²) in [7, 11) is 0. The molecule has 0 aliphatic carbocycles. The first kappa shape index (κ1) is 19.6. The van der Waals surface area contributed by atoms with E-state index in [0.717, 1.165) is 12.0 Å². The van der Waals surface area contributed by atoms with Crippen molar-refractivity contribution in [2.45, 2.75) is 19.1 Å². The second-order valence-corrected chi connectivity index (χ2v) is 7.03. The van der Waals surface area contributed by atoms with Crippen LogP contribution in [0.3, 0.4) is 0 Å². The van der Waals surface area contributed by atoms with Crippen LogP contribution < -0.4 is 11.1 Å². The molecule has 0 radical (unpaired) electrons. The number of aromatic nitrogens is 2. The van der Waals surface area contributed by atoms with Crippen LogP contribution in [0.1, 0.15) is 28.7 Å². The van der Waals surface area contributed by atoms with Crippen molar-refractivity contribution in [1.29, 1.82) is 0 Å². The molecular weight excluding hydrogens is 376 g/mol. The van der Waals surface area contributed by atoms with Crippen LogP contribution in [0.2, 0.25) is 0 Å². The van der Waals surface area contributed by atoms with Crippen molar-refractivity contribution < 1.29 is 14.1 Å². The topological polar surface area (TPSA) is 111 Å². The third-order valence-electron chi connectivity index (χ3n) is 4.00. The summed E-state index contributed by atoms with van der Waals surface area (Å²) in [6, 6.07) is 14.4. The third kappa shape index (κ3) is 5.20. The Hall–Kier alpha value is -3.13. The molecule has 7 nitrogen and oxygen atoms in total.